The van der Waals surface area contributed by atoms with Crippen LogP contribution in [-0.2, 0) is 11.0 Å². The molecule has 0 atom stereocenters. The van der Waals surface area contributed by atoms with Gasteiger partial charge in [-0.3, -0.25) is 0 Å². The fourth-order valence-electron chi connectivity index (χ4n) is 12.0. The summed E-state index contributed by atoms with van der Waals surface area (Å²) >= 11 is 0. The zero-order valence-corrected chi connectivity index (χ0v) is 40.2. The standard InChI is InChI=1S/C69H52N2/c1-68(2,3)71-63-34-19-18-31-58(63)59-42-37-51(45-65(59)71)47-35-39-54(40-36-47)70(64-44-38-49-23-16-17-30-56(49)66(64)50-24-10-5-11-25-50)55-41-43-61-60(46-55)67-57(48-21-8-4-9-22-48)32-20-33-62(67)69(61,52-26-12-6-13-27-52)53-28-14-7-15-29-53/h4-46H,1-3H3. The van der Waals surface area contributed by atoms with Crippen LogP contribution in [0, 0.1) is 0 Å². The number of nitrogens with zero attached hydrogens (tertiary/aromatic N) is 2. The smallest absolute Gasteiger partial charge is 0.0713 e. The van der Waals surface area contributed by atoms with Crippen molar-refractivity contribution in [3.8, 4) is 44.5 Å². The zero-order chi connectivity index (χ0) is 47.7. The molecule has 0 unspecified atom stereocenters. The van der Waals surface area contributed by atoms with Gasteiger partial charge in [0.25, 0.3) is 0 Å². The summed E-state index contributed by atoms with van der Waals surface area (Å²) in [6, 6.07) is 96.7. The maximum atomic E-state index is 2.50. The van der Waals surface area contributed by atoms with Crippen molar-refractivity contribution in [1.82, 2.24) is 4.57 Å². The van der Waals surface area contributed by atoms with E-state index in [1.54, 1.807) is 0 Å². The van der Waals surface area contributed by atoms with Gasteiger partial charge in [0.05, 0.1) is 16.6 Å². The summed E-state index contributed by atoms with van der Waals surface area (Å²) in [6.45, 7) is 6.90. The third kappa shape index (κ3) is 6.78. The average molecular weight is 909 g/mol. The first-order valence-corrected chi connectivity index (χ1v) is 24.8. The van der Waals surface area contributed by atoms with Crippen molar-refractivity contribution < 1.29 is 0 Å². The highest BCUT2D eigenvalue weighted by molar-refractivity contribution is 6.10. The Labute approximate surface area is 416 Å². The highest BCUT2D eigenvalue weighted by Crippen LogP contribution is 2.59. The van der Waals surface area contributed by atoms with Gasteiger partial charge in [0.15, 0.2) is 0 Å². The van der Waals surface area contributed by atoms with E-state index in [0.717, 1.165) is 17.1 Å². The molecule has 0 N–H and O–H groups in total. The molecule has 0 bridgehead atoms. The monoisotopic (exact) mass is 908 g/mol. The van der Waals surface area contributed by atoms with Crippen LogP contribution in [-0.4, -0.2) is 4.57 Å². The molecule has 1 aliphatic rings. The van der Waals surface area contributed by atoms with Gasteiger partial charge in [0, 0.05) is 38.8 Å². The normalized spacial score (nSPS) is 12.8. The van der Waals surface area contributed by atoms with Crippen molar-refractivity contribution >= 4 is 49.6 Å². The third-order valence-electron chi connectivity index (χ3n) is 14.9. The van der Waals surface area contributed by atoms with Crippen molar-refractivity contribution in [3.63, 3.8) is 0 Å². The summed E-state index contributed by atoms with van der Waals surface area (Å²) < 4.78 is 2.50. The molecule has 2 nitrogen and oxygen atoms in total. The highest BCUT2D eigenvalue weighted by Gasteiger charge is 2.47. The van der Waals surface area contributed by atoms with Crippen LogP contribution in [0.3, 0.4) is 0 Å². The predicted octanol–water partition coefficient (Wildman–Crippen LogP) is 18.5. The van der Waals surface area contributed by atoms with Gasteiger partial charge in [0.2, 0.25) is 0 Å². The molecule has 0 aliphatic heterocycles. The minimum absolute atomic E-state index is 0.0965. The maximum Gasteiger partial charge on any atom is 0.0713 e. The molecule has 0 spiro atoms. The van der Waals surface area contributed by atoms with Crippen LogP contribution in [0.5, 0.6) is 0 Å². The summed E-state index contributed by atoms with van der Waals surface area (Å²) in [5, 5.41) is 4.99. The largest absolute Gasteiger partial charge is 0.335 e. The Hall–Kier alpha value is -8.72. The van der Waals surface area contributed by atoms with Crippen LogP contribution < -0.4 is 4.90 Å². The second kappa shape index (κ2) is 16.8. The van der Waals surface area contributed by atoms with Crippen LogP contribution >= 0.6 is 0 Å². The Bertz CT molecular complexity index is 3900. The van der Waals surface area contributed by atoms with Crippen LogP contribution in [0.2, 0.25) is 0 Å². The minimum Gasteiger partial charge on any atom is -0.335 e. The Morgan fingerprint density at radius 1 is 0.352 bits per heavy atom. The molecule has 0 saturated heterocycles. The predicted molar refractivity (Wildman–Crippen MR) is 300 cm³/mol. The van der Waals surface area contributed by atoms with Gasteiger partial charge in [-0.15, -0.1) is 0 Å². The van der Waals surface area contributed by atoms with Gasteiger partial charge in [-0.05, 0) is 135 Å². The van der Waals surface area contributed by atoms with Crippen molar-refractivity contribution in [2.75, 3.05) is 4.90 Å². The molecule has 71 heavy (non-hydrogen) atoms. The van der Waals surface area contributed by atoms with Gasteiger partial charge in [0.1, 0.15) is 0 Å². The molecule has 0 radical (unpaired) electrons. The topological polar surface area (TPSA) is 8.17 Å². The van der Waals surface area contributed by atoms with Gasteiger partial charge >= 0.3 is 0 Å². The zero-order valence-electron chi connectivity index (χ0n) is 40.2. The van der Waals surface area contributed by atoms with E-state index >= 15 is 0 Å². The lowest BCUT2D eigenvalue weighted by atomic mass is 9.67. The number of fused-ring (bicyclic) bond motifs is 7. The number of hydrogen-bond donors (Lipinski definition) is 0. The fraction of sp³-hybridized carbons (Fsp3) is 0.0725. The molecule has 1 heterocycles. The Morgan fingerprint density at radius 2 is 0.930 bits per heavy atom. The minimum atomic E-state index is -0.555. The number of anilines is 3. The number of hydrogen-bond acceptors (Lipinski definition) is 1. The number of benzene rings is 11. The van der Waals surface area contributed by atoms with Crippen LogP contribution in [0.4, 0.5) is 17.1 Å². The van der Waals surface area contributed by atoms with Crippen molar-refractivity contribution in [1.29, 1.82) is 0 Å². The SMILES string of the molecule is CC(C)(C)n1c2ccccc2c2ccc(-c3ccc(N(c4ccc5c(c4)-c4c(-c6ccccc6)cccc4C5(c4ccccc4)c4ccccc4)c4ccc5ccccc5c4-c4ccccc4)cc3)cc21. The highest BCUT2D eigenvalue weighted by atomic mass is 15.1. The first-order chi connectivity index (χ1) is 34.9. The summed E-state index contributed by atoms with van der Waals surface area (Å²) in [5.41, 5.74) is 19.9. The van der Waals surface area contributed by atoms with Crippen molar-refractivity contribution in [3.05, 3.63) is 283 Å². The third-order valence-corrected chi connectivity index (χ3v) is 14.9. The molecule has 0 saturated carbocycles. The number of para-hydroxylation sites is 1. The van der Waals surface area contributed by atoms with Crippen LogP contribution in [0.25, 0.3) is 77.1 Å². The van der Waals surface area contributed by atoms with E-state index in [-0.39, 0.29) is 5.54 Å². The molecule has 0 fully saturated rings. The summed E-state index contributed by atoms with van der Waals surface area (Å²) in [7, 11) is 0. The van der Waals surface area contributed by atoms with E-state index in [4.69, 9.17) is 0 Å². The van der Waals surface area contributed by atoms with Gasteiger partial charge in [-0.25, -0.2) is 0 Å². The van der Waals surface area contributed by atoms with E-state index < -0.39 is 5.41 Å². The number of rotatable bonds is 8. The first kappa shape index (κ1) is 42.4. The van der Waals surface area contributed by atoms with Crippen molar-refractivity contribution in [2.45, 2.75) is 31.7 Å². The fourth-order valence-corrected chi connectivity index (χ4v) is 12.0. The molecule has 1 aliphatic carbocycles. The summed E-state index contributed by atoms with van der Waals surface area (Å²) in [5.74, 6) is 0. The molecule has 13 rings (SSSR count). The molecule has 338 valence electrons. The second-order valence-electron chi connectivity index (χ2n) is 20.0. The molecule has 2 heteroatoms. The quantitative estimate of drug-likeness (QED) is 0.147. The Kier molecular flexibility index (Phi) is 10.0. The molecule has 11 aromatic carbocycles. The van der Waals surface area contributed by atoms with E-state index in [1.165, 1.54) is 99.3 Å². The molecule has 0 amide bonds. The van der Waals surface area contributed by atoms with E-state index in [9.17, 15) is 0 Å². The average Bonchev–Trinajstić information content (AvgIpc) is 3.93. The van der Waals surface area contributed by atoms with E-state index in [0.29, 0.717) is 0 Å². The number of aromatic nitrogens is 1. The Morgan fingerprint density at radius 3 is 1.62 bits per heavy atom. The first-order valence-electron chi connectivity index (χ1n) is 24.8. The lowest BCUT2D eigenvalue weighted by molar-refractivity contribution is 0.423. The summed E-state index contributed by atoms with van der Waals surface area (Å²) in [6.07, 6.45) is 0. The molecular weight excluding hydrogens is 857 g/mol. The van der Waals surface area contributed by atoms with E-state index in [2.05, 4.69) is 291 Å². The Balaban J connectivity index is 1.06. The van der Waals surface area contributed by atoms with Gasteiger partial charge in [-0.2, -0.15) is 0 Å². The molecular formula is C69H52N2. The summed E-state index contributed by atoms with van der Waals surface area (Å²) in [4.78, 5) is 2.50. The second-order valence-corrected chi connectivity index (χ2v) is 20.0. The van der Waals surface area contributed by atoms with Gasteiger partial charge < -0.3 is 9.47 Å². The van der Waals surface area contributed by atoms with Crippen LogP contribution in [0.1, 0.15) is 43.0 Å². The van der Waals surface area contributed by atoms with E-state index in [1.807, 2.05) is 0 Å². The lowest BCUT2D eigenvalue weighted by Crippen LogP contribution is -2.28. The van der Waals surface area contributed by atoms with Gasteiger partial charge in [-0.1, -0.05) is 218 Å². The molecule has 12 aromatic rings. The van der Waals surface area contributed by atoms with Crippen molar-refractivity contribution in [2.24, 2.45) is 0 Å². The lowest BCUT2D eigenvalue weighted by Gasteiger charge is -2.34. The molecule has 1 aromatic heterocycles. The van der Waals surface area contributed by atoms with Crippen LogP contribution in [0.15, 0.2) is 261 Å². The maximum absolute atomic E-state index is 2.50.